The van der Waals surface area contributed by atoms with E-state index in [4.69, 9.17) is 9.47 Å². The number of nitrogens with one attached hydrogen (secondary N) is 2. The smallest absolute Gasteiger partial charge is 0.246 e. The van der Waals surface area contributed by atoms with Crippen LogP contribution in [0.1, 0.15) is 63.5 Å². The van der Waals surface area contributed by atoms with Crippen molar-refractivity contribution in [3.8, 4) is 0 Å². The number of likely N-dealkylation sites (tertiary alicyclic amines) is 1. The van der Waals surface area contributed by atoms with Crippen molar-refractivity contribution in [3.05, 3.63) is 41.5 Å². The van der Waals surface area contributed by atoms with Crippen LogP contribution < -0.4 is 10.6 Å². The minimum atomic E-state index is -1.13. The Morgan fingerprint density at radius 2 is 1.89 bits per heavy atom. The van der Waals surface area contributed by atoms with Crippen LogP contribution >= 0.6 is 0 Å². The quantitative estimate of drug-likeness (QED) is 0.380. The van der Waals surface area contributed by atoms with Crippen LogP contribution in [0.5, 0.6) is 0 Å². The lowest BCUT2D eigenvalue weighted by atomic mass is 9.74. The van der Waals surface area contributed by atoms with E-state index in [2.05, 4.69) is 10.6 Å². The number of hydrogen-bond donors (Lipinski definition) is 2. The lowest BCUT2D eigenvalue weighted by Gasteiger charge is -2.34. The number of anilines is 1. The molecule has 2 bridgehead atoms. The van der Waals surface area contributed by atoms with Crippen LogP contribution in [-0.2, 0) is 23.9 Å². The van der Waals surface area contributed by atoms with Gasteiger partial charge in [0.25, 0.3) is 0 Å². The fourth-order valence-electron chi connectivity index (χ4n) is 6.63. The summed E-state index contributed by atoms with van der Waals surface area (Å²) in [5, 5.41) is 6.24. The summed E-state index contributed by atoms with van der Waals surface area (Å²) in [6.07, 6.45) is 9.17. The molecule has 5 unspecified atom stereocenters. The molecular formula is C30H41N3O5. The highest BCUT2D eigenvalue weighted by atomic mass is 16.5. The van der Waals surface area contributed by atoms with Gasteiger partial charge in [-0.25, -0.2) is 0 Å². The summed E-state index contributed by atoms with van der Waals surface area (Å²) in [4.78, 5) is 43.1. The number of benzene rings is 1. The number of nitrogens with zero attached hydrogens (tertiary/aromatic N) is 1. The van der Waals surface area contributed by atoms with Crippen LogP contribution in [0, 0.1) is 25.7 Å². The van der Waals surface area contributed by atoms with Crippen molar-refractivity contribution in [2.24, 2.45) is 11.8 Å². The predicted octanol–water partition coefficient (Wildman–Crippen LogP) is 3.66. The van der Waals surface area contributed by atoms with Crippen LogP contribution in [0.25, 0.3) is 0 Å². The van der Waals surface area contributed by atoms with Crippen LogP contribution in [0.2, 0.25) is 0 Å². The number of ether oxygens (including phenoxy) is 2. The molecule has 0 aromatic heterocycles. The van der Waals surface area contributed by atoms with Gasteiger partial charge in [-0.3, -0.25) is 14.4 Å². The van der Waals surface area contributed by atoms with E-state index in [1.54, 1.807) is 4.90 Å². The van der Waals surface area contributed by atoms with E-state index >= 15 is 0 Å². The SMILES string of the molecule is Cc1ccc(NC(=O)C2C3C=CC4(O3)C2C(=O)N(CCCOC(C)C)C4C(=O)NC2CCCCC2)cc1C. The molecule has 5 atom stereocenters. The Hall–Kier alpha value is -2.71. The van der Waals surface area contributed by atoms with Crippen LogP contribution in [0.15, 0.2) is 30.4 Å². The molecule has 8 nitrogen and oxygen atoms in total. The summed E-state index contributed by atoms with van der Waals surface area (Å²) < 4.78 is 12.1. The first kappa shape index (κ1) is 26.9. The minimum Gasteiger partial charge on any atom is -0.379 e. The van der Waals surface area contributed by atoms with E-state index in [1.807, 2.05) is 58.0 Å². The molecule has 1 aromatic rings. The first-order chi connectivity index (χ1) is 18.2. The van der Waals surface area contributed by atoms with E-state index in [9.17, 15) is 14.4 Å². The molecule has 1 aliphatic carbocycles. The second-order valence-electron chi connectivity index (χ2n) is 11.6. The van der Waals surface area contributed by atoms with Crippen LogP contribution in [0.4, 0.5) is 5.69 Å². The zero-order valence-electron chi connectivity index (χ0n) is 23.0. The number of hydrogen-bond acceptors (Lipinski definition) is 5. The van der Waals surface area contributed by atoms with Crippen molar-refractivity contribution in [3.63, 3.8) is 0 Å². The Morgan fingerprint density at radius 1 is 1.13 bits per heavy atom. The number of rotatable bonds is 9. The van der Waals surface area contributed by atoms with Gasteiger partial charge in [-0.1, -0.05) is 37.5 Å². The maximum atomic E-state index is 14.0. The van der Waals surface area contributed by atoms with Gasteiger partial charge in [-0.05, 0) is 70.2 Å². The molecule has 2 N–H and O–H groups in total. The molecule has 206 valence electrons. The lowest BCUT2D eigenvalue weighted by Crippen LogP contribution is -2.56. The molecule has 1 saturated carbocycles. The summed E-state index contributed by atoms with van der Waals surface area (Å²) in [6, 6.07) is 5.08. The fraction of sp³-hybridized carbons (Fsp3) is 0.633. The van der Waals surface area contributed by atoms with Crippen LogP contribution in [-0.4, -0.2) is 65.7 Å². The standard InChI is InChI=1S/C30H41N3O5/c1-18(2)37-16-8-15-33-26(28(35)31-21-9-6-5-7-10-21)30-14-13-23(38-30)24(25(30)29(33)36)27(34)32-22-12-11-19(3)20(4)17-22/h11-14,17-18,21,23-26H,5-10,15-16H2,1-4H3,(H,31,35)(H,32,34). The molecule has 4 aliphatic rings. The monoisotopic (exact) mass is 523 g/mol. The van der Waals surface area contributed by atoms with Crippen molar-refractivity contribution < 1.29 is 23.9 Å². The Morgan fingerprint density at radius 3 is 2.61 bits per heavy atom. The minimum absolute atomic E-state index is 0.0907. The molecule has 3 heterocycles. The van der Waals surface area contributed by atoms with E-state index in [-0.39, 0.29) is 29.9 Å². The van der Waals surface area contributed by atoms with Gasteiger partial charge in [-0.15, -0.1) is 0 Å². The maximum absolute atomic E-state index is 14.0. The van der Waals surface area contributed by atoms with E-state index in [1.165, 1.54) is 6.42 Å². The highest BCUT2D eigenvalue weighted by Gasteiger charge is 2.72. The Bertz CT molecular complexity index is 1110. The molecule has 1 aromatic carbocycles. The highest BCUT2D eigenvalue weighted by molar-refractivity contribution is 6.02. The molecule has 3 amide bonds. The van der Waals surface area contributed by atoms with Gasteiger partial charge in [0.1, 0.15) is 11.6 Å². The van der Waals surface area contributed by atoms with Crippen molar-refractivity contribution in [2.45, 2.75) is 96.1 Å². The maximum Gasteiger partial charge on any atom is 0.246 e. The summed E-state index contributed by atoms with van der Waals surface area (Å²) >= 11 is 0. The lowest BCUT2D eigenvalue weighted by molar-refractivity contribution is -0.141. The highest BCUT2D eigenvalue weighted by Crippen LogP contribution is 2.55. The first-order valence-electron chi connectivity index (χ1n) is 14.2. The summed E-state index contributed by atoms with van der Waals surface area (Å²) in [6.45, 7) is 8.84. The van der Waals surface area contributed by atoms with Crippen LogP contribution in [0.3, 0.4) is 0 Å². The average Bonchev–Trinajstić information content (AvgIpc) is 3.52. The molecule has 3 aliphatic heterocycles. The zero-order valence-corrected chi connectivity index (χ0v) is 23.0. The van der Waals surface area contributed by atoms with Gasteiger partial charge in [0, 0.05) is 24.9 Å². The van der Waals surface area contributed by atoms with Crippen molar-refractivity contribution in [1.29, 1.82) is 0 Å². The van der Waals surface area contributed by atoms with E-state index in [0.717, 1.165) is 36.8 Å². The zero-order chi connectivity index (χ0) is 27.0. The number of amides is 3. The third kappa shape index (κ3) is 4.89. The molecule has 2 saturated heterocycles. The summed E-state index contributed by atoms with van der Waals surface area (Å²) in [5.41, 5.74) is 1.78. The van der Waals surface area contributed by atoms with Crippen molar-refractivity contribution in [2.75, 3.05) is 18.5 Å². The molecular weight excluding hydrogens is 482 g/mol. The third-order valence-corrected chi connectivity index (χ3v) is 8.65. The van der Waals surface area contributed by atoms with Gasteiger partial charge >= 0.3 is 0 Å². The largest absolute Gasteiger partial charge is 0.379 e. The number of carbonyl (C=O) groups excluding carboxylic acids is 3. The second kappa shape index (κ2) is 10.8. The number of carbonyl (C=O) groups is 3. The molecule has 8 heteroatoms. The summed E-state index contributed by atoms with van der Waals surface area (Å²) in [5.74, 6) is -2.06. The molecule has 1 spiro atoms. The van der Waals surface area contributed by atoms with Gasteiger partial charge in [-0.2, -0.15) is 0 Å². The fourth-order valence-corrected chi connectivity index (χ4v) is 6.63. The predicted molar refractivity (Wildman–Crippen MR) is 144 cm³/mol. The van der Waals surface area contributed by atoms with E-state index in [0.29, 0.717) is 25.3 Å². The Balaban J connectivity index is 1.39. The Kier molecular flexibility index (Phi) is 7.65. The summed E-state index contributed by atoms with van der Waals surface area (Å²) in [7, 11) is 0. The van der Waals surface area contributed by atoms with Crippen molar-refractivity contribution >= 4 is 23.4 Å². The van der Waals surface area contributed by atoms with Gasteiger partial charge in [0.2, 0.25) is 17.7 Å². The normalized spacial score (nSPS) is 30.2. The first-order valence-corrected chi connectivity index (χ1v) is 14.2. The average molecular weight is 524 g/mol. The topological polar surface area (TPSA) is 97.0 Å². The van der Waals surface area contributed by atoms with Gasteiger partial charge in [0.05, 0.1) is 24.0 Å². The molecule has 5 rings (SSSR count). The molecule has 0 radical (unpaired) electrons. The van der Waals surface area contributed by atoms with Gasteiger partial charge < -0.3 is 25.0 Å². The molecule has 3 fully saturated rings. The second-order valence-corrected chi connectivity index (χ2v) is 11.6. The Labute approximate surface area is 225 Å². The number of aryl methyl sites for hydroxylation is 2. The molecule has 38 heavy (non-hydrogen) atoms. The number of fused-ring (bicyclic) bond motifs is 1. The third-order valence-electron chi connectivity index (χ3n) is 8.65. The van der Waals surface area contributed by atoms with Gasteiger partial charge in [0.15, 0.2) is 0 Å². The van der Waals surface area contributed by atoms with E-state index < -0.39 is 29.6 Å². The van der Waals surface area contributed by atoms with Crippen molar-refractivity contribution in [1.82, 2.24) is 10.2 Å².